The average molecular weight is 437 g/mol. The van der Waals surface area contributed by atoms with E-state index in [2.05, 4.69) is 0 Å². The van der Waals surface area contributed by atoms with Crippen molar-refractivity contribution in [2.45, 2.75) is 11.8 Å². The largest absolute Gasteiger partial charge is 0.497 e. The van der Waals surface area contributed by atoms with E-state index in [4.69, 9.17) is 23.7 Å². The van der Waals surface area contributed by atoms with Crippen LogP contribution in [-0.2, 0) is 19.6 Å². The van der Waals surface area contributed by atoms with Gasteiger partial charge in [0.25, 0.3) is 10.0 Å². The summed E-state index contributed by atoms with van der Waals surface area (Å²) in [6, 6.07) is 8.92. The highest BCUT2D eigenvalue weighted by Crippen LogP contribution is 2.38. The Morgan fingerprint density at radius 3 is 2.43 bits per heavy atom. The average Bonchev–Trinajstić information content (AvgIpc) is 2.76. The molecule has 2 aromatic rings. The summed E-state index contributed by atoms with van der Waals surface area (Å²) in [6.07, 6.45) is 0. The van der Waals surface area contributed by atoms with Crippen molar-refractivity contribution in [3.8, 4) is 23.0 Å². The SMILES string of the molecule is CCOC(=O)CN(c1ccc(OC)cc1OC)S(=O)(=O)c1ccc2c(c1)OCCO2. The first-order valence-corrected chi connectivity index (χ1v) is 10.6. The number of benzene rings is 2. The van der Waals surface area contributed by atoms with Gasteiger partial charge in [0.15, 0.2) is 11.5 Å². The van der Waals surface area contributed by atoms with Crippen LogP contribution in [-0.4, -0.2) is 55.0 Å². The Labute approximate surface area is 175 Å². The molecule has 0 fully saturated rings. The molecule has 0 aliphatic carbocycles. The number of carbonyl (C=O) groups excluding carboxylic acids is 1. The Morgan fingerprint density at radius 2 is 1.77 bits per heavy atom. The van der Waals surface area contributed by atoms with E-state index in [9.17, 15) is 13.2 Å². The van der Waals surface area contributed by atoms with Crippen LogP contribution in [0.2, 0.25) is 0 Å². The molecule has 0 spiro atoms. The number of hydrogen-bond acceptors (Lipinski definition) is 8. The molecule has 1 aliphatic heterocycles. The van der Waals surface area contributed by atoms with Gasteiger partial charge in [0, 0.05) is 12.1 Å². The van der Waals surface area contributed by atoms with Crippen molar-refractivity contribution in [2.24, 2.45) is 0 Å². The Morgan fingerprint density at radius 1 is 1.03 bits per heavy atom. The summed E-state index contributed by atoms with van der Waals surface area (Å²) < 4.78 is 54.4. The summed E-state index contributed by atoms with van der Waals surface area (Å²) >= 11 is 0. The summed E-state index contributed by atoms with van der Waals surface area (Å²) in [7, 11) is -1.29. The summed E-state index contributed by atoms with van der Waals surface area (Å²) in [5.74, 6) is 0.777. The lowest BCUT2D eigenvalue weighted by atomic mass is 10.2. The summed E-state index contributed by atoms with van der Waals surface area (Å²) in [6.45, 7) is 1.93. The van der Waals surface area contributed by atoms with Gasteiger partial charge in [-0.1, -0.05) is 0 Å². The highest BCUT2D eigenvalue weighted by atomic mass is 32.2. The third-order valence-electron chi connectivity index (χ3n) is 4.34. The van der Waals surface area contributed by atoms with Crippen LogP contribution in [0, 0.1) is 0 Å². The molecule has 0 saturated carbocycles. The van der Waals surface area contributed by atoms with E-state index in [0.717, 1.165) is 4.31 Å². The number of esters is 1. The second-order valence-corrected chi connectivity index (χ2v) is 8.02. The van der Waals surface area contributed by atoms with E-state index >= 15 is 0 Å². The molecule has 0 bridgehead atoms. The number of sulfonamides is 1. The molecular weight excluding hydrogens is 414 g/mol. The van der Waals surface area contributed by atoms with E-state index in [1.165, 1.54) is 44.6 Å². The van der Waals surface area contributed by atoms with Crippen molar-refractivity contribution in [2.75, 3.05) is 44.9 Å². The highest BCUT2D eigenvalue weighted by Gasteiger charge is 2.31. The maximum atomic E-state index is 13.5. The molecule has 3 rings (SSSR count). The van der Waals surface area contributed by atoms with Gasteiger partial charge in [-0.25, -0.2) is 8.42 Å². The lowest BCUT2D eigenvalue weighted by molar-refractivity contribution is -0.141. The van der Waals surface area contributed by atoms with Crippen molar-refractivity contribution in [3.63, 3.8) is 0 Å². The molecule has 0 radical (unpaired) electrons. The fourth-order valence-corrected chi connectivity index (χ4v) is 4.36. The predicted octanol–water partition coefficient (Wildman–Crippen LogP) is 2.23. The number of fused-ring (bicyclic) bond motifs is 1. The minimum Gasteiger partial charge on any atom is -0.497 e. The number of anilines is 1. The van der Waals surface area contributed by atoms with E-state index < -0.39 is 22.5 Å². The lowest BCUT2D eigenvalue weighted by Gasteiger charge is -2.26. The molecular formula is C20H23NO8S. The van der Waals surface area contributed by atoms with Crippen LogP contribution in [0.3, 0.4) is 0 Å². The van der Waals surface area contributed by atoms with Gasteiger partial charge in [-0.15, -0.1) is 0 Å². The van der Waals surface area contributed by atoms with Gasteiger partial charge < -0.3 is 23.7 Å². The Hall–Kier alpha value is -3.14. The fourth-order valence-electron chi connectivity index (χ4n) is 2.93. The molecule has 0 saturated heterocycles. The standard InChI is InChI=1S/C20H23NO8S/c1-4-27-20(22)13-21(16-7-5-14(25-2)11-18(16)26-3)30(23,24)15-6-8-17-19(12-15)29-10-9-28-17/h5-8,11-12H,4,9-10,13H2,1-3H3. The van der Waals surface area contributed by atoms with Gasteiger partial charge in [-0.2, -0.15) is 0 Å². The van der Waals surface area contributed by atoms with Gasteiger partial charge in [0.1, 0.15) is 31.3 Å². The molecule has 162 valence electrons. The minimum atomic E-state index is -4.18. The number of carbonyl (C=O) groups is 1. The predicted molar refractivity (Wildman–Crippen MR) is 108 cm³/mol. The third-order valence-corrected chi connectivity index (χ3v) is 6.09. The van der Waals surface area contributed by atoms with Crippen LogP contribution < -0.4 is 23.3 Å². The molecule has 0 unspecified atom stereocenters. The molecule has 9 nitrogen and oxygen atoms in total. The van der Waals surface area contributed by atoms with Crippen LogP contribution in [0.15, 0.2) is 41.3 Å². The van der Waals surface area contributed by atoms with Crippen molar-refractivity contribution in [3.05, 3.63) is 36.4 Å². The third kappa shape index (κ3) is 4.38. The van der Waals surface area contributed by atoms with Crippen LogP contribution in [0.5, 0.6) is 23.0 Å². The maximum Gasteiger partial charge on any atom is 0.326 e. The Bertz CT molecular complexity index is 1020. The maximum absolute atomic E-state index is 13.5. The van der Waals surface area contributed by atoms with Crippen LogP contribution in [0.1, 0.15) is 6.92 Å². The van der Waals surface area contributed by atoms with E-state index in [1.54, 1.807) is 13.0 Å². The van der Waals surface area contributed by atoms with E-state index in [1.807, 2.05) is 0 Å². The number of methoxy groups -OCH3 is 2. The molecule has 1 heterocycles. The lowest BCUT2D eigenvalue weighted by Crippen LogP contribution is -2.37. The van der Waals surface area contributed by atoms with Crippen molar-refractivity contribution >= 4 is 21.7 Å². The monoisotopic (exact) mass is 437 g/mol. The van der Waals surface area contributed by atoms with Crippen LogP contribution in [0.4, 0.5) is 5.69 Å². The van der Waals surface area contributed by atoms with Gasteiger partial charge in [-0.05, 0) is 31.2 Å². The van der Waals surface area contributed by atoms with Crippen molar-refractivity contribution < 1.29 is 36.9 Å². The molecule has 30 heavy (non-hydrogen) atoms. The van der Waals surface area contributed by atoms with Gasteiger partial charge in [0.2, 0.25) is 0 Å². The molecule has 1 aliphatic rings. The molecule has 10 heteroatoms. The van der Waals surface area contributed by atoms with Gasteiger partial charge in [0.05, 0.1) is 31.4 Å². The first-order chi connectivity index (χ1) is 14.4. The Balaban J connectivity index is 2.09. The zero-order valence-corrected chi connectivity index (χ0v) is 17.7. The Kier molecular flexibility index (Phi) is 6.56. The van der Waals surface area contributed by atoms with Crippen molar-refractivity contribution in [1.29, 1.82) is 0 Å². The molecule has 0 atom stereocenters. The molecule has 2 aromatic carbocycles. The first kappa shape index (κ1) is 21.6. The molecule has 0 aromatic heterocycles. The second-order valence-electron chi connectivity index (χ2n) is 6.16. The summed E-state index contributed by atoms with van der Waals surface area (Å²) in [5, 5.41) is 0. The smallest absolute Gasteiger partial charge is 0.326 e. The molecule has 0 N–H and O–H groups in total. The quantitative estimate of drug-likeness (QED) is 0.580. The zero-order chi connectivity index (χ0) is 21.7. The fraction of sp³-hybridized carbons (Fsp3) is 0.350. The van der Waals surface area contributed by atoms with E-state index in [-0.39, 0.29) is 22.9 Å². The van der Waals surface area contributed by atoms with Crippen LogP contribution in [0.25, 0.3) is 0 Å². The summed E-state index contributed by atoms with van der Waals surface area (Å²) in [5.41, 5.74) is 0.168. The normalized spacial score (nSPS) is 12.8. The topological polar surface area (TPSA) is 101 Å². The molecule has 0 amide bonds. The van der Waals surface area contributed by atoms with Gasteiger partial charge in [-0.3, -0.25) is 9.10 Å². The number of nitrogens with zero attached hydrogens (tertiary/aromatic N) is 1. The number of rotatable bonds is 8. The minimum absolute atomic E-state index is 0.0612. The number of ether oxygens (including phenoxy) is 5. The van der Waals surface area contributed by atoms with E-state index in [0.29, 0.717) is 30.5 Å². The van der Waals surface area contributed by atoms with Crippen molar-refractivity contribution in [1.82, 2.24) is 0 Å². The van der Waals surface area contributed by atoms with Gasteiger partial charge >= 0.3 is 5.97 Å². The first-order valence-electron chi connectivity index (χ1n) is 9.20. The number of hydrogen-bond donors (Lipinski definition) is 0. The van der Waals surface area contributed by atoms with Crippen LogP contribution >= 0.6 is 0 Å². The zero-order valence-electron chi connectivity index (χ0n) is 16.9. The summed E-state index contributed by atoms with van der Waals surface area (Å²) in [4.78, 5) is 12.2. The second kappa shape index (κ2) is 9.12. The highest BCUT2D eigenvalue weighted by molar-refractivity contribution is 7.92.